The van der Waals surface area contributed by atoms with E-state index in [1.165, 1.54) is 17.8 Å². The van der Waals surface area contributed by atoms with Crippen LogP contribution < -0.4 is 21.1 Å². The fourth-order valence-corrected chi connectivity index (χ4v) is 6.27. The summed E-state index contributed by atoms with van der Waals surface area (Å²) < 4.78 is 12.5. The number of esters is 1. The van der Waals surface area contributed by atoms with E-state index in [1.807, 2.05) is 24.3 Å². The van der Waals surface area contributed by atoms with Crippen LogP contribution in [-0.2, 0) is 20.8 Å². The molecule has 0 bridgehead atoms. The van der Waals surface area contributed by atoms with E-state index in [1.54, 1.807) is 28.5 Å². The Labute approximate surface area is 228 Å². The van der Waals surface area contributed by atoms with Crippen LogP contribution in [0.5, 0.6) is 0 Å². The van der Waals surface area contributed by atoms with E-state index in [9.17, 15) is 19.2 Å². The molecule has 202 valence electrons. The van der Waals surface area contributed by atoms with Crippen LogP contribution in [0.25, 0.3) is 10.9 Å². The van der Waals surface area contributed by atoms with Crippen molar-refractivity contribution >= 4 is 52.0 Å². The van der Waals surface area contributed by atoms with Gasteiger partial charge in [-0.05, 0) is 62.2 Å². The maximum absolute atomic E-state index is 12.6. The number of amides is 2. The molecule has 4 heterocycles. The lowest BCUT2D eigenvalue weighted by Gasteiger charge is -2.20. The number of cyclic esters (lactones) is 1. The zero-order valence-corrected chi connectivity index (χ0v) is 22.2. The van der Waals surface area contributed by atoms with E-state index < -0.39 is 12.1 Å². The Hall–Kier alpha value is -3.83. The molecule has 2 atom stereocenters. The zero-order valence-electron chi connectivity index (χ0n) is 21.4. The fraction of sp³-hybridized carbons (Fsp3) is 0.357. The van der Waals surface area contributed by atoms with Crippen LogP contribution in [0.1, 0.15) is 41.7 Å². The Morgan fingerprint density at radius 1 is 1.15 bits per heavy atom. The molecule has 2 aromatic carbocycles. The number of carbonyl (C=O) groups is 3. The van der Waals surface area contributed by atoms with E-state index in [-0.39, 0.29) is 30.2 Å². The van der Waals surface area contributed by atoms with Crippen LogP contribution in [0.15, 0.2) is 52.2 Å². The van der Waals surface area contributed by atoms with Gasteiger partial charge < -0.3 is 24.7 Å². The maximum Gasteiger partial charge on any atom is 0.414 e. The van der Waals surface area contributed by atoms with Crippen molar-refractivity contribution in [3.05, 3.63) is 63.9 Å². The monoisotopic (exact) mass is 548 g/mol. The number of thioether (sulfide) groups is 1. The van der Waals surface area contributed by atoms with Crippen molar-refractivity contribution < 1.29 is 23.9 Å². The summed E-state index contributed by atoms with van der Waals surface area (Å²) in [6.45, 7) is 3.64. The van der Waals surface area contributed by atoms with E-state index in [0.717, 1.165) is 28.1 Å². The van der Waals surface area contributed by atoms with Gasteiger partial charge in [-0.2, -0.15) is 0 Å². The third-order valence-corrected chi connectivity index (χ3v) is 8.36. The Balaban J connectivity index is 1.07. The second-order valence-electron chi connectivity index (χ2n) is 9.75. The molecule has 1 fully saturated rings. The van der Waals surface area contributed by atoms with Crippen molar-refractivity contribution in [2.24, 2.45) is 0 Å². The van der Waals surface area contributed by atoms with Gasteiger partial charge in [0.2, 0.25) is 5.91 Å². The number of rotatable bonds is 8. The second-order valence-corrected chi connectivity index (χ2v) is 10.8. The average molecular weight is 549 g/mol. The lowest BCUT2D eigenvalue weighted by Crippen LogP contribution is -2.27. The van der Waals surface area contributed by atoms with Gasteiger partial charge in [-0.25, -0.2) is 9.59 Å². The zero-order chi connectivity index (χ0) is 27.1. The number of carbonyl (C=O) groups excluding carboxylic acids is 3. The van der Waals surface area contributed by atoms with Gasteiger partial charge in [0.15, 0.2) is 0 Å². The first-order valence-corrected chi connectivity index (χ1v) is 14.0. The highest BCUT2D eigenvalue weighted by Crippen LogP contribution is 2.36. The molecular formula is C28H28N4O6S. The van der Waals surface area contributed by atoms with Crippen LogP contribution in [0.4, 0.5) is 16.2 Å². The molecule has 1 saturated heterocycles. The predicted octanol–water partition coefficient (Wildman–Crippen LogP) is 3.67. The number of hydrogen-bond acceptors (Lipinski definition) is 8. The topological polar surface area (TPSA) is 119 Å². The highest BCUT2D eigenvalue weighted by Gasteiger charge is 2.33. The highest BCUT2D eigenvalue weighted by molar-refractivity contribution is 8.00. The molecule has 6 rings (SSSR count). The van der Waals surface area contributed by atoms with Gasteiger partial charge in [-0.15, -0.1) is 11.8 Å². The van der Waals surface area contributed by atoms with Gasteiger partial charge in [0.25, 0.3) is 5.56 Å². The average Bonchev–Trinajstić information content (AvgIpc) is 3.49. The molecule has 39 heavy (non-hydrogen) atoms. The van der Waals surface area contributed by atoms with Gasteiger partial charge in [0.1, 0.15) is 6.10 Å². The molecule has 2 amide bonds. The minimum atomic E-state index is -0.398. The minimum Gasteiger partial charge on any atom is -0.462 e. The van der Waals surface area contributed by atoms with Crippen LogP contribution in [0.2, 0.25) is 0 Å². The fourth-order valence-electron chi connectivity index (χ4n) is 5.48. The summed E-state index contributed by atoms with van der Waals surface area (Å²) in [6, 6.07) is 12.4. The van der Waals surface area contributed by atoms with Crippen molar-refractivity contribution in [2.45, 2.75) is 43.4 Å². The van der Waals surface area contributed by atoms with Crippen LogP contribution in [0.3, 0.4) is 0 Å². The van der Waals surface area contributed by atoms with Crippen LogP contribution in [0, 0.1) is 0 Å². The maximum atomic E-state index is 12.6. The molecule has 1 aromatic heterocycles. The quantitative estimate of drug-likeness (QED) is 0.323. The molecule has 2 N–H and O–H groups in total. The molecule has 10 nitrogen and oxygen atoms in total. The predicted molar refractivity (Wildman–Crippen MR) is 148 cm³/mol. The van der Waals surface area contributed by atoms with E-state index in [2.05, 4.69) is 10.6 Å². The molecular weight excluding hydrogens is 520 g/mol. The summed E-state index contributed by atoms with van der Waals surface area (Å²) in [5.41, 5.74) is 3.52. The summed E-state index contributed by atoms with van der Waals surface area (Å²) in [5.74, 6) is -0.0587. The van der Waals surface area contributed by atoms with Gasteiger partial charge >= 0.3 is 12.1 Å². The number of nitrogens with zero attached hydrogens (tertiary/aromatic N) is 2. The van der Waals surface area contributed by atoms with Crippen molar-refractivity contribution in [2.75, 3.05) is 35.7 Å². The number of aromatic nitrogens is 1. The summed E-state index contributed by atoms with van der Waals surface area (Å²) in [5, 5.41) is 7.11. The molecule has 0 saturated carbocycles. The van der Waals surface area contributed by atoms with Gasteiger partial charge in [-0.1, -0.05) is 6.07 Å². The molecule has 3 aromatic rings. The first-order valence-electron chi connectivity index (χ1n) is 13.0. The first-order chi connectivity index (χ1) is 18.9. The van der Waals surface area contributed by atoms with Crippen molar-refractivity contribution in [1.82, 2.24) is 9.88 Å². The molecule has 3 aliphatic rings. The molecule has 11 heteroatoms. The smallest absolute Gasteiger partial charge is 0.414 e. The Morgan fingerprint density at radius 3 is 2.87 bits per heavy atom. The minimum absolute atomic E-state index is 0.0510. The number of ether oxygens (including phenoxy) is 2. The van der Waals surface area contributed by atoms with Gasteiger partial charge in [-0.3, -0.25) is 14.5 Å². The van der Waals surface area contributed by atoms with Gasteiger partial charge in [0.05, 0.1) is 41.7 Å². The third kappa shape index (κ3) is 4.76. The number of benzene rings is 2. The number of hydrogen-bond donors (Lipinski definition) is 2. The van der Waals surface area contributed by atoms with Crippen LogP contribution in [-0.4, -0.2) is 54.1 Å². The van der Waals surface area contributed by atoms with Gasteiger partial charge in [0, 0.05) is 28.6 Å². The third-order valence-electron chi connectivity index (χ3n) is 7.29. The number of anilines is 2. The molecule has 1 unspecified atom stereocenters. The second kappa shape index (κ2) is 10.4. The lowest BCUT2D eigenvalue weighted by atomic mass is 10.0. The first kappa shape index (κ1) is 25.4. The SMILES string of the molecule is CCOC(=O)c1ccc2c3c1ccc(=O)n3CC2NCCC[C@H]1CN(c2ccc3c(c2)NC(=O)CS3)C(=O)O1. The summed E-state index contributed by atoms with van der Waals surface area (Å²) in [7, 11) is 0. The largest absolute Gasteiger partial charge is 0.462 e. The van der Waals surface area contributed by atoms with Crippen molar-refractivity contribution in [3.8, 4) is 0 Å². The Morgan fingerprint density at radius 2 is 2.03 bits per heavy atom. The summed E-state index contributed by atoms with van der Waals surface area (Å²) in [4.78, 5) is 51.9. The normalized spacial score (nSPS) is 19.7. The van der Waals surface area contributed by atoms with E-state index >= 15 is 0 Å². The summed E-state index contributed by atoms with van der Waals surface area (Å²) in [6.07, 6.45) is 0.827. The standard InChI is InChI=1S/C28H28N4O6S/c1-2-37-27(35)19-6-7-20-22(14-32-25(34)10-8-18(19)26(20)32)29-11-3-4-17-13-31(28(36)38-17)16-5-9-23-21(12-16)30-24(33)15-39-23/h5-10,12,17,22,29H,2-4,11,13-15H2,1H3,(H,30,33)/t17-,22?/m0/s1. The number of pyridine rings is 1. The molecule has 0 radical (unpaired) electrons. The molecule has 0 spiro atoms. The number of fused-ring (bicyclic) bond motifs is 1. The molecule has 3 aliphatic heterocycles. The molecule has 0 aliphatic carbocycles. The Bertz CT molecular complexity index is 1550. The lowest BCUT2D eigenvalue weighted by molar-refractivity contribution is -0.113. The van der Waals surface area contributed by atoms with Crippen molar-refractivity contribution in [1.29, 1.82) is 0 Å². The highest BCUT2D eigenvalue weighted by atomic mass is 32.2. The summed E-state index contributed by atoms with van der Waals surface area (Å²) >= 11 is 1.48. The van der Waals surface area contributed by atoms with Crippen LogP contribution >= 0.6 is 11.8 Å². The Kier molecular flexibility index (Phi) is 6.78. The van der Waals surface area contributed by atoms with E-state index in [0.29, 0.717) is 48.4 Å². The van der Waals surface area contributed by atoms with Crippen molar-refractivity contribution in [3.63, 3.8) is 0 Å². The van der Waals surface area contributed by atoms with E-state index in [4.69, 9.17) is 9.47 Å². The number of nitrogens with one attached hydrogen (secondary N) is 2.